The van der Waals surface area contributed by atoms with Crippen molar-refractivity contribution in [3.63, 3.8) is 0 Å². The summed E-state index contributed by atoms with van der Waals surface area (Å²) in [6.45, 7) is 10.2. The molecule has 0 bridgehead atoms. The second kappa shape index (κ2) is 5.16. The molecule has 2 amide bonds. The maximum atomic E-state index is 12.0. The van der Waals surface area contributed by atoms with Gasteiger partial charge in [-0.15, -0.1) is 0 Å². The first-order valence-corrected chi connectivity index (χ1v) is 6.37. The van der Waals surface area contributed by atoms with E-state index in [0.717, 1.165) is 0 Å². The van der Waals surface area contributed by atoms with Crippen molar-refractivity contribution in [1.82, 2.24) is 10.2 Å². The summed E-state index contributed by atoms with van der Waals surface area (Å²) in [5.41, 5.74) is -0.548. The Morgan fingerprint density at radius 1 is 1.44 bits per heavy atom. The van der Waals surface area contributed by atoms with Gasteiger partial charge in [0, 0.05) is 19.5 Å². The predicted molar refractivity (Wildman–Crippen MR) is 69.1 cm³/mol. The fraction of sp³-hybridized carbons (Fsp3) is 0.846. The summed E-state index contributed by atoms with van der Waals surface area (Å²) in [5.74, 6) is 0.371. The second-order valence-electron chi connectivity index (χ2n) is 6.19. The third kappa shape index (κ3) is 3.37. The van der Waals surface area contributed by atoms with Crippen molar-refractivity contribution in [2.24, 2.45) is 11.8 Å². The van der Waals surface area contributed by atoms with Crippen molar-refractivity contribution in [2.75, 3.05) is 13.6 Å². The first kappa shape index (κ1) is 14.8. The minimum atomic E-state index is -0.548. The third-order valence-corrected chi connectivity index (χ3v) is 3.14. The molecule has 1 fully saturated rings. The van der Waals surface area contributed by atoms with Crippen LogP contribution in [0.3, 0.4) is 0 Å². The lowest BCUT2D eigenvalue weighted by Crippen LogP contribution is -2.47. The largest absolute Gasteiger partial charge is 0.444 e. The average molecular weight is 256 g/mol. The fourth-order valence-corrected chi connectivity index (χ4v) is 2.14. The molecule has 1 aliphatic heterocycles. The van der Waals surface area contributed by atoms with Gasteiger partial charge in [-0.3, -0.25) is 9.69 Å². The molecular formula is C13H24N2O3. The molecule has 1 heterocycles. The van der Waals surface area contributed by atoms with E-state index >= 15 is 0 Å². The van der Waals surface area contributed by atoms with Crippen LogP contribution in [0.15, 0.2) is 0 Å². The molecule has 5 heteroatoms. The Morgan fingerprint density at radius 3 is 2.44 bits per heavy atom. The number of hydrogen-bond donors (Lipinski definition) is 1. The Hall–Kier alpha value is -1.26. The number of carbonyl (C=O) groups is 2. The normalized spacial score (nSPS) is 24.1. The maximum Gasteiger partial charge on any atom is 0.410 e. The Kier molecular flexibility index (Phi) is 4.24. The molecule has 0 aromatic carbocycles. The van der Waals surface area contributed by atoms with Crippen molar-refractivity contribution in [2.45, 2.75) is 46.3 Å². The van der Waals surface area contributed by atoms with E-state index in [2.05, 4.69) is 19.2 Å². The topological polar surface area (TPSA) is 58.6 Å². The molecule has 104 valence electrons. The zero-order valence-electron chi connectivity index (χ0n) is 12.1. The standard InChI is InChI=1S/C13H24N2O3/c1-8(2)9-7-14-11(16)10(9)15(6)12(17)18-13(3,4)5/h8-10H,7H2,1-6H3,(H,14,16)/t9-,10+/m1/s1. The average Bonchev–Trinajstić information content (AvgIpc) is 2.56. The first-order valence-electron chi connectivity index (χ1n) is 6.37. The Labute approximate surface area is 109 Å². The highest BCUT2D eigenvalue weighted by Gasteiger charge is 2.42. The van der Waals surface area contributed by atoms with Gasteiger partial charge < -0.3 is 10.1 Å². The summed E-state index contributed by atoms with van der Waals surface area (Å²) in [7, 11) is 1.62. The SMILES string of the molecule is CC(C)[C@H]1CNC(=O)[C@H]1N(C)C(=O)OC(C)(C)C. The monoisotopic (exact) mass is 256 g/mol. The van der Waals surface area contributed by atoms with Gasteiger partial charge in [-0.1, -0.05) is 13.8 Å². The highest BCUT2D eigenvalue weighted by Crippen LogP contribution is 2.24. The smallest absolute Gasteiger partial charge is 0.410 e. The lowest BCUT2D eigenvalue weighted by molar-refractivity contribution is -0.124. The van der Waals surface area contributed by atoms with Gasteiger partial charge in [0.1, 0.15) is 11.6 Å². The lowest BCUT2D eigenvalue weighted by Gasteiger charge is -2.31. The minimum absolute atomic E-state index is 0.0953. The van der Waals surface area contributed by atoms with Crippen LogP contribution in [-0.2, 0) is 9.53 Å². The fourth-order valence-electron chi connectivity index (χ4n) is 2.14. The van der Waals surface area contributed by atoms with Gasteiger partial charge in [0.05, 0.1) is 0 Å². The van der Waals surface area contributed by atoms with Crippen molar-refractivity contribution in [3.05, 3.63) is 0 Å². The number of amides is 2. The van der Waals surface area contributed by atoms with E-state index < -0.39 is 17.7 Å². The van der Waals surface area contributed by atoms with E-state index in [0.29, 0.717) is 12.5 Å². The Balaban J connectivity index is 2.78. The van der Waals surface area contributed by atoms with E-state index in [9.17, 15) is 9.59 Å². The summed E-state index contributed by atoms with van der Waals surface area (Å²) in [6.07, 6.45) is -0.449. The van der Waals surface area contributed by atoms with Crippen LogP contribution in [0.25, 0.3) is 0 Å². The molecule has 5 nitrogen and oxygen atoms in total. The molecule has 0 unspecified atom stereocenters. The summed E-state index contributed by atoms with van der Waals surface area (Å²) >= 11 is 0. The van der Waals surface area contributed by atoms with Gasteiger partial charge in [0.25, 0.3) is 0 Å². The van der Waals surface area contributed by atoms with E-state index in [1.807, 2.05) is 20.8 Å². The Morgan fingerprint density at radius 2 is 2.00 bits per heavy atom. The Bertz CT molecular complexity index is 334. The van der Waals surface area contributed by atoms with Gasteiger partial charge in [0.2, 0.25) is 5.91 Å². The van der Waals surface area contributed by atoms with Crippen LogP contribution in [-0.4, -0.2) is 42.1 Å². The molecule has 18 heavy (non-hydrogen) atoms. The van der Waals surface area contributed by atoms with Gasteiger partial charge in [-0.2, -0.15) is 0 Å². The number of rotatable bonds is 2. The highest BCUT2D eigenvalue weighted by molar-refractivity contribution is 5.87. The zero-order chi connectivity index (χ0) is 14.1. The number of hydrogen-bond acceptors (Lipinski definition) is 3. The van der Waals surface area contributed by atoms with Crippen LogP contribution < -0.4 is 5.32 Å². The summed E-state index contributed by atoms with van der Waals surface area (Å²) in [5, 5.41) is 2.81. The number of nitrogens with zero attached hydrogens (tertiary/aromatic N) is 1. The number of likely N-dealkylation sites (N-methyl/N-ethyl adjacent to an activating group) is 1. The van der Waals surface area contributed by atoms with Crippen LogP contribution in [0.1, 0.15) is 34.6 Å². The number of nitrogens with one attached hydrogen (secondary N) is 1. The van der Waals surface area contributed by atoms with Crippen molar-refractivity contribution < 1.29 is 14.3 Å². The molecule has 1 rings (SSSR count). The molecule has 0 radical (unpaired) electrons. The number of ether oxygens (including phenoxy) is 1. The maximum absolute atomic E-state index is 12.0. The molecule has 0 aliphatic carbocycles. The summed E-state index contributed by atoms with van der Waals surface area (Å²) < 4.78 is 5.30. The van der Waals surface area contributed by atoms with Crippen molar-refractivity contribution in [3.8, 4) is 0 Å². The molecule has 2 atom stereocenters. The predicted octanol–water partition coefficient (Wildman–Crippen LogP) is 1.62. The van der Waals surface area contributed by atoms with E-state index in [-0.39, 0.29) is 11.8 Å². The molecule has 1 aliphatic rings. The molecular weight excluding hydrogens is 232 g/mol. The molecule has 0 aromatic heterocycles. The molecule has 0 spiro atoms. The van der Waals surface area contributed by atoms with E-state index in [4.69, 9.17) is 4.74 Å². The summed E-state index contributed by atoms with van der Waals surface area (Å²) in [6, 6.07) is -0.431. The highest BCUT2D eigenvalue weighted by atomic mass is 16.6. The van der Waals surface area contributed by atoms with Crippen molar-refractivity contribution >= 4 is 12.0 Å². The quantitative estimate of drug-likeness (QED) is 0.817. The zero-order valence-corrected chi connectivity index (χ0v) is 12.1. The van der Waals surface area contributed by atoms with E-state index in [1.54, 1.807) is 7.05 Å². The lowest BCUT2D eigenvalue weighted by atomic mass is 9.90. The molecule has 0 aromatic rings. The second-order valence-corrected chi connectivity index (χ2v) is 6.19. The molecule has 0 saturated carbocycles. The molecule has 1 N–H and O–H groups in total. The van der Waals surface area contributed by atoms with Gasteiger partial charge in [0.15, 0.2) is 0 Å². The van der Waals surface area contributed by atoms with Crippen molar-refractivity contribution in [1.29, 1.82) is 0 Å². The van der Waals surface area contributed by atoms with Gasteiger partial charge in [-0.25, -0.2) is 4.79 Å². The van der Waals surface area contributed by atoms with Gasteiger partial charge >= 0.3 is 6.09 Å². The van der Waals surface area contributed by atoms with Crippen LogP contribution in [0, 0.1) is 11.8 Å². The van der Waals surface area contributed by atoms with Crippen LogP contribution >= 0.6 is 0 Å². The minimum Gasteiger partial charge on any atom is -0.444 e. The van der Waals surface area contributed by atoms with Crippen LogP contribution in [0.4, 0.5) is 4.79 Å². The third-order valence-electron chi connectivity index (χ3n) is 3.14. The number of carbonyl (C=O) groups excluding carboxylic acids is 2. The summed E-state index contributed by atoms with van der Waals surface area (Å²) in [4.78, 5) is 25.2. The van der Waals surface area contributed by atoms with Gasteiger partial charge in [-0.05, 0) is 26.7 Å². The first-order chi connectivity index (χ1) is 8.13. The molecule has 1 saturated heterocycles. The van der Waals surface area contributed by atoms with Crippen LogP contribution in [0.5, 0.6) is 0 Å². The van der Waals surface area contributed by atoms with Crippen LogP contribution in [0.2, 0.25) is 0 Å². The van der Waals surface area contributed by atoms with E-state index in [1.165, 1.54) is 4.90 Å².